The number of ether oxygens (including phenoxy) is 1. The minimum Gasteiger partial charge on any atom is -0.496 e. The van der Waals surface area contributed by atoms with Crippen LogP contribution in [0.25, 0.3) is 33.4 Å². The Morgan fingerprint density at radius 1 is 1.24 bits per heavy atom. The van der Waals surface area contributed by atoms with Crippen LogP contribution >= 0.6 is 0 Å². The number of nitrogens with two attached hydrogens (primary N) is 2. The number of hydrogen-bond donors (Lipinski definition) is 3. The fourth-order valence-corrected chi connectivity index (χ4v) is 4.61. The first-order valence-electron chi connectivity index (χ1n) is 10.8. The maximum absolute atomic E-state index is 15.4. The summed E-state index contributed by atoms with van der Waals surface area (Å²) in [4.78, 5) is 17.0. The van der Waals surface area contributed by atoms with Gasteiger partial charge in [0, 0.05) is 22.6 Å². The topological polar surface area (TPSA) is 129 Å². The van der Waals surface area contributed by atoms with Gasteiger partial charge >= 0.3 is 0 Å². The number of pyridine rings is 1. The number of nitrogens with zero attached hydrogens (tertiary/aromatic N) is 3. The zero-order valence-corrected chi connectivity index (χ0v) is 18.7. The SMILES string of the molecule is COc1cc(-c2ccccc2)nc2cc(-c3nn([C@H]4C[C@](C)(O)C4)c(N)c3C(N)=O)c(F)cc12. The van der Waals surface area contributed by atoms with Gasteiger partial charge in [0.15, 0.2) is 0 Å². The zero-order valence-electron chi connectivity index (χ0n) is 18.7. The zero-order chi connectivity index (χ0) is 24.2. The summed E-state index contributed by atoms with van der Waals surface area (Å²) in [6.07, 6.45) is 0.825. The highest BCUT2D eigenvalue weighted by molar-refractivity contribution is 6.04. The van der Waals surface area contributed by atoms with Crippen molar-refractivity contribution in [3.05, 3.63) is 59.9 Å². The van der Waals surface area contributed by atoms with Gasteiger partial charge in [0.2, 0.25) is 0 Å². The Bertz CT molecular complexity index is 1420. The Balaban J connectivity index is 1.70. The normalized spacial score (nSPS) is 19.7. The highest BCUT2D eigenvalue weighted by Gasteiger charge is 2.42. The van der Waals surface area contributed by atoms with Crippen molar-refractivity contribution in [2.45, 2.75) is 31.4 Å². The molecule has 2 aromatic carbocycles. The number of primary amides is 1. The molecule has 1 aliphatic rings. The van der Waals surface area contributed by atoms with Crippen molar-refractivity contribution in [3.63, 3.8) is 0 Å². The lowest BCUT2D eigenvalue weighted by molar-refractivity contribution is -0.0535. The molecule has 0 spiro atoms. The smallest absolute Gasteiger partial charge is 0.254 e. The molecule has 2 heterocycles. The number of methoxy groups -OCH3 is 1. The van der Waals surface area contributed by atoms with Crippen LogP contribution in [-0.4, -0.2) is 38.5 Å². The molecule has 9 heteroatoms. The fraction of sp³-hybridized carbons (Fsp3) is 0.240. The van der Waals surface area contributed by atoms with Gasteiger partial charge in [-0.1, -0.05) is 30.3 Å². The standard InChI is InChI=1S/C25H24FN5O3/c1-25(33)11-14(12-25)31-23(27)21(24(28)32)22(30-31)15-9-19-16(8-17(15)26)20(34-2)10-18(29-19)13-6-4-3-5-7-13/h3-10,14,33H,11-12,27H2,1-2H3,(H2,28,32)/t14-,25-. The van der Waals surface area contributed by atoms with Crippen LogP contribution in [0.1, 0.15) is 36.2 Å². The number of carbonyl (C=O) groups excluding carboxylic acids is 1. The van der Waals surface area contributed by atoms with Gasteiger partial charge in [-0.3, -0.25) is 4.79 Å². The van der Waals surface area contributed by atoms with Crippen molar-refractivity contribution in [2.75, 3.05) is 12.8 Å². The Labute approximate surface area is 195 Å². The number of hydrogen-bond acceptors (Lipinski definition) is 6. The number of aromatic nitrogens is 3. The number of rotatable bonds is 5. The van der Waals surface area contributed by atoms with Crippen molar-refractivity contribution >= 4 is 22.6 Å². The average molecular weight is 461 g/mol. The summed E-state index contributed by atoms with van der Waals surface area (Å²) < 4.78 is 22.3. The summed E-state index contributed by atoms with van der Waals surface area (Å²) in [7, 11) is 1.51. The van der Waals surface area contributed by atoms with E-state index in [4.69, 9.17) is 21.2 Å². The highest BCUT2D eigenvalue weighted by Crippen LogP contribution is 2.44. The Morgan fingerprint density at radius 3 is 2.56 bits per heavy atom. The molecule has 4 aromatic rings. The average Bonchev–Trinajstić information content (AvgIpc) is 3.13. The van der Waals surface area contributed by atoms with Gasteiger partial charge in [-0.15, -0.1) is 0 Å². The van der Waals surface area contributed by atoms with E-state index in [-0.39, 0.29) is 28.7 Å². The van der Waals surface area contributed by atoms with Crippen LogP contribution in [0.4, 0.5) is 10.2 Å². The number of nitrogen functional groups attached to an aromatic ring is 1. The van der Waals surface area contributed by atoms with Crippen LogP contribution in [0, 0.1) is 5.82 Å². The largest absolute Gasteiger partial charge is 0.496 e. The first-order chi connectivity index (χ1) is 16.2. The second-order valence-corrected chi connectivity index (χ2v) is 8.90. The van der Waals surface area contributed by atoms with Crippen molar-refractivity contribution in [3.8, 4) is 28.3 Å². The number of carbonyl (C=O) groups is 1. The first-order valence-corrected chi connectivity index (χ1v) is 10.8. The van der Waals surface area contributed by atoms with Crippen molar-refractivity contribution in [1.82, 2.24) is 14.8 Å². The quantitative estimate of drug-likeness (QED) is 0.416. The molecule has 0 aliphatic heterocycles. The molecular formula is C25H24FN5O3. The number of amides is 1. The number of aliphatic hydroxyl groups is 1. The molecular weight excluding hydrogens is 437 g/mol. The van der Waals surface area contributed by atoms with Crippen molar-refractivity contribution < 1.29 is 19.0 Å². The third-order valence-electron chi connectivity index (χ3n) is 6.29. The summed E-state index contributed by atoms with van der Waals surface area (Å²) in [5, 5.41) is 15.1. The van der Waals surface area contributed by atoms with Gasteiger partial charge in [-0.05, 0) is 31.9 Å². The van der Waals surface area contributed by atoms with E-state index in [2.05, 4.69) is 5.10 Å². The molecule has 0 unspecified atom stereocenters. The van der Waals surface area contributed by atoms with Crippen LogP contribution in [0.2, 0.25) is 0 Å². The summed E-state index contributed by atoms with van der Waals surface area (Å²) in [6.45, 7) is 1.71. The lowest BCUT2D eigenvalue weighted by Crippen LogP contribution is -2.42. The Kier molecular flexibility index (Phi) is 5.02. The van der Waals surface area contributed by atoms with Gasteiger partial charge < -0.3 is 21.3 Å². The number of fused-ring (bicyclic) bond motifs is 1. The van der Waals surface area contributed by atoms with E-state index in [0.717, 1.165) is 5.56 Å². The van der Waals surface area contributed by atoms with E-state index in [9.17, 15) is 9.90 Å². The molecule has 5 N–H and O–H groups in total. The summed E-state index contributed by atoms with van der Waals surface area (Å²) in [5.74, 6) is -0.919. The molecule has 2 aromatic heterocycles. The molecule has 174 valence electrons. The number of halogens is 1. The van der Waals surface area contributed by atoms with Gasteiger partial charge in [0.05, 0.1) is 30.0 Å². The van der Waals surface area contributed by atoms with Crippen molar-refractivity contribution in [2.24, 2.45) is 5.73 Å². The predicted molar refractivity (Wildman–Crippen MR) is 127 cm³/mol. The van der Waals surface area contributed by atoms with Gasteiger partial charge in [0.25, 0.3) is 5.91 Å². The first kappa shape index (κ1) is 21.8. The van der Waals surface area contributed by atoms with Crippen LogP contribution in [-0.2, 0) is 0 Å². The molecule has 0 bridgehead atoms. The Hall–Kier alpha value is -3.98. The predicted octanol–water partition coefficient (Wildman–Crippen LogP) is 3.68. The van der Waals surface area contributed by atoms with E-state index < -0.39 is 17.3 Å². The van der Waals surface area contributed by atoms with Crippen LogP contribution in [0.3, 0.4) is 0 Å². The molecule has 0 saturated heterocycles. The summed E-state index contributed by atoms with van der Waals surface area (Å²) in [6, 6.07) is 13.9. The molecule has 8 nitrogen and oxygen atoms in total. The monoisotopic (exact) mass is 461 g/mol. The molecule has 1 saturated carbocycles. The van der Waals surface area contributed by atoms with E-state index >= 15 is 4.39 Å². The number of benzene rings is 2. The van der Waals surface area contributed by atoms with Crippen LogP contribution in [0.5, 0.6) is 5.75 Å². The fourth-order valence-electron chi connectivity index (χ4n) is 4.61. The second kappa shape index (κ2) is 7.81. The molecule has 1 amide bonds. The van der Waals surface area contributed by atoms with Crippen LogP contribution < -0.4 is 16.2 Å². The van der Waals surface area contributed by atoms with E-state index in [1.54, 1.807) is 13.0 Å². The molecule has 0 atom stereocenters. The second-order valence-electron chi connectivity index (χ2n) is 8.90. The molecule has 34 heavy (non-hydrogen) atoms. The van der Waals surface area contributed by atoms with Gasteiger partial charge in [0.1, 0.15) is 28.6 Å². The molecule has 1 fully saturated rings. The van der Waals surface area contributed by atoms with Gasteiger partial charge in [-0.2, -0.15) is 5.10 Å². The minimum absolute atomic E-state index is 0.0434. The van der Waals surface area contributed by atoms with Crippen LogP contribution in [0.15, 0.2) is 48.5 Å². The maximum atomic E-state index is 15.4. The molecule has 1 aliphatic carbocycles. The van der Waals surface area contributed by atoms with E-state index in [1.165, 1.54) is 23.9 Å². The van der Waals surface area contributed by atoms with E-state index in [0.29, 0.717) is 35.2 Å². The van der Waals surface area contributed by atoms with Gasteiger partial charge in [-0.25, -0.2) is 14.1 Å². The lowest BCUT2D eigenvalue weighted by atomic mass is 9.77. The van der Waals surface area contributed by atoms with E-state index in [1.807, 2.05) is 30.3 Å². The molecule has 0 radical (unpaired) electrons. The summed E-state index contributed by atoms with van der Waals surface area (Å²) in [5.41, 5.74) is 13.0. The minimum atomic E-state index is -0.835. The lowest BCUT2D eigenvalue weighted by Gasteiger charge is -2.41. The number of anilines is 1. The third kappa shape index (κ3) is 3.54. The Morgan fingerprint density at radius 2 is 1.94 bits per heavy atom. The third-order valence-corrected chi connectivity index (χ3v) is 6.29. The highest BCUT2D eigenvalue weighted by atomic mass is 19.1. The molecule has 5 rings (SSSR count). The maximum Gasteiger partial charge on any atom is 0.254 e. The van der Waals surface area contributed by atoms with Crippen molar-refractivity contribution in [1.29, 1.82) is 0 Å². The summed E-state index contributed by atoms with van der Waals surface area (Å²) >= 11 is 0.